The monoisotopic (exact) mass is 236 g/mol. The van der Waals surface area contributed by atoms with E-state index in [4.69, 9.17) is 0 Å². The first-order chi connectivity index (χ1) is 6.81. The Labute approximate surface area is 86.8 Å². The van der Waals surface area contributed by atoms with E-state index in [2.05, 4.69) is 4.18 Å². The molecule has 0 fully saturated rings. The minimum atomic E-state index is -3.69. The maximum atomic E-state index is 13.2. The van der Waals surface area contributed by atoms with Crippen molar-refractivity contribution in [3.63, 3.8) is 0 Å². The van der Waals surface area contributed by atoms with Crippen LogP contribution in [0.5, 0.6) is 0 Å². The maximum Gasteiger partial charge on any atom is 0.264 e. The van der Waals surface area contributed by atoms with Gasteiger partial charge in [0.15, 0.2) is 11.6 Å². The molecular formula is C9H10F2O3S. The molecule has 0 aliphatic carbocycles. The minimum absolute atomic E-state index is 0.125. The summed E-state index contributed by atoms with van der Waals surface area (Å²) in [5.41, 5.74) is -0.125. The van der Waals surface area contributed by atoms with Crippen LogP contribution in [0.4, 0.5) is 8.78 Å². The van der Waals surface area contributed by atoms with Crippen LogP contribution in [0.1, 0.15) is 18.6 Å². The molecule has 0 amide bonds. The van der Waals surface area contributed by atoms with Crippen LogP contribution in [0.25, 0.3) is 0 Å². The number of hydrogen-bond donors (Lipinski definition) is 0. The van der Waals surface area contributed by atoms with Crippen molar-refractivity contribution in [3.8, 4) is 0 Å². The van der Waals surface area contributed by atoms with Crippen molar-refractivity contribution in [3.05, 3.63) is 35.4 Å². The van der Waals surface area contributed by atoms with Gasteiger partial charge >= 0.3 is 0 Å². The number of rotatable bonds is 3. The lowest BCUT2D eigenvalue weighted by atomic mass is 10.1. The summed E-state index contributed by atoms with van der Waals surface area (Å²) in [6.07, 6.45) is -0.198. The Bertz CT molecular complexity index is 456. The van der Waals surface area contributed by atoms with Gasteiger partial charge in [0.05, 0.1) is 6.26 Å². The van der Waals surface area contributed by atoms with Gasteiger partial charge in [0.1, 0.15) is 6.10 Å². The summed E-state index contributed by atoms with van der Waals surface area (Å²) in [4.78, 5) is 0. The predicted molar refractivity (Wildman–Crippen MR) is 50.7 cm³/mol. The highest BCUT2D eigenvalue weighted by atomic mass is 32.2. The molecule has 1 aromatic carbocycles. The van der Waals surface area contributed by atoms with Crippen LogP contribution in [0.15, 0.2) is 18.2 Å². The molecule has 3 nitrogen and oxygen atoms in total. The molecule has 1 unspecified atom stereocenters. The summed E-state index contributed by atoms with van der Waals surface area (Å²) < 4.78 is 52.0. The lowest BCUT2D eigenvalue weighted by Gasteiger charge is -2.12. The Kier molecular flexibility index (Phi) is 3.41. The summed E-state index contributed by atoms with van der Waals surface area (Å²) in [6.45, 7) is 1.33. The Hall–Kier alpha value is -1.01. The normalized spacial score (nSPS) is 13.9. The quantitative estimate of drug-likeness (QED) is 0.754. The van der Waals surface area contributed by atoms with Gasteiger partial charge in [-0.2, -0.15) is 8.42 Å². The highest BCUT2D eigenvalue weighted by molar-refractivity contribution is 7.86. The second kappa shape index (κ2) is 4.24. The topological polar surface area (TPSA) is 43.4 Å². The zero-order valence-electron chi connectivity index (χ0n) is 8.20. The van der Waals surface area contributed by atoms with Crippen molar-refractivity contribution in [1.29, 1.82) is 0 Å². The molecule has 15 heavy (non-hydrogen) atoms. The third-order valence-corrected chi connectivity index (χ3v) is 2.38. The van der Waals surface area contributed by atoms with E-state index >= 15 is 0 Å². The standard InChI is InChI=1S/C9H10F2O3S/c1-6(14-15(2,12)13)7-4-3-5-8(10)9(7)11/h3-6H,1-2H3. The molecule has 84 valence electrons. The first-order valence-corrected chi connectivity index (χ1v) is 5.95. The molecule has 0 N–H and O–H groups in total. The Balaban J connectivity index is 3.02. The molecule has 1 aromatic rings. The minimum Gasteiger partial charge on any atom is -0.262 e. The average Bonchev–Trinajstić information content (AvgIpc) is 2.06. The van der Waals surface area contributed by atoms with E-state index in [1.807, 2.05) is 0 Å². The average molecular weight is 236 g/mol. The van der Waals surface area contributed by atoms with Gasteiger partial charge in [-0.05, 0) is 13.0 Å². The highest BCUT2D eigenvalue weighted by Crippen LogP contribution is 2.23. The number of benzene rings is 1. The van der Waals surface area contributed by atoms with Crippen LogP contribution in [0.3, 0.4) is 0 Å². The summed E-state index contributed by atoms with van der Waals surface area (Å²) in [7, 11) is -3.69. The fourth-order valence-corrected chi connectivity index (χ4v) is 1.78. The predicted octanol–water partition coefficient (Wildman–Crippen LogP) is 2.00. The molecule has 0 bridgehead atoms. The Morgan fingerprint density at radius 2 is 1.93 bits per heavy atom. The summed E-state index contributed by atoms with van der Waals surface area (Å²) in [5, 5.41) is 0. The van der Waals surface area contributed by atoms with E-state index in [0.29, 0.717) is 0 Å². The summed E-state index contributed by atoms with van der Waals surface area (Å²) >= 11 is 0. The largest absolute Gasteiger partial charge is 0.264 e. The molecular weight excluding hydrogens is 226 g/mol. The Morgan fingerprint density at radius 3 is 2.47 bits per heavy atom. The molecule has 0 aliphatic heterocycles. The number of halogens is 2. The number of hydrogen-bond acceptors (Lipinski definition) is 3. The fourth-order valence-electron chi connectivity index (χ4n) is 1.15. The fraction of sp³-hybridized carbons (Fsp3) is 0.333. The zero-order valence-corrected chi connectivity index (χ0v) is 9.01. The van der Waals surface area contributed by atoms with Gasteiger partial charge in [0, 0.05) is 5.56 Å². The van der Waals surface area contributed by atoms with Crippen LogP contribution >= 0.6 is 0 Å². The van der Waals surface area contributed by atoms with E-state index in [-0.39, 0.29) is 5.56 Å². The van der Waals surface area contributed by atoms with Crippen molar-refractivity contribution >= 4 is 10.1 Å². The van der Waals surface area contributed by atoms with Crippen molar-refractivity contribution in [2.75, 3.05) is 6.26 Å². The van der Waals surface area contributed by atoms with E-state index in [1.165, 1.54) is 19.1 Å². The molecule has 0 spiro atoms. The first-order valence-electron chi connectivity index (χ1n) is 4.13. The lowest BCUT2D eigenvalue weighted by Crippen LogP contribution is -2.09. The molecule has 1 rings (SSSR count). The third-order valence-electron chi connectivity index (χ3n) is 1.74. The zero-order chi connectivity index (χ0) is 11.6. The molecule has 6 heteroatoms. The summed E-state index contributed by atoms with van der Waals surface area (Å²) in [6, 6.07) is 3.51. The van der Waals surface area contributed by atoms with Gasteiger partial charge in [-0.15, -0.1) is 0 Å². The highest BCUT2D eigenvalue weighted by Gasteiger charge is 2.18. The lowest BCUT2D eigenvalue weighted by molar-refractivity contribution is 0.229. The molecule has 0 aromatic heterocycles. The van der Waals surface area contributed by atoms with E-state index in [1.54, 1.807) is 0 Å². The van der Waals surface area contributed by atoms with Crippen molar-refractivity contribution in [2.45, 2.75) is 13.0 Å². The summed E-state index contributed by atoms with van der Waals surface area (Å²) in [5.74, 6) is -2.12. The van der Waals surface area contributed by atoms with Crippen molar-refractivity contribution in [1.82, 2.24) is 0 Å². The van der Waals surface area contributed by atoms with Crippen LogP contribution in [0, 0.1) is 11.6 Å². The van der Waals surface area contributed by atoms with Crippen molar-refractivity contribution < 1.29 is 21.4 Å². The van der Waals surface area contributed by atoms with E-state index in [0.717, 1.165) is 12.3 Å². The van der Waals surface area contributed by atoms with Gasteiger partial charge in [0.2, 0.25) is 0 Å². The second-order valence-corrected chi connectivity index (χ2v) is 4.69. The smallest absolute Gasteiger partial charge is 0.262 e. The van der Waals surface area contributed by atoms with Crippen LogP contribution in [-0.2, 0) is 14.3 Å². The molecule has 0 saturated heterocycles. The van der Waals surface area contributed by atoms with Crippen LogP contribution < -0.4 is 0 Å². The van der Waals surface area contributed by atoms with E-state index < -0.39 is 27.9 Å². The molecule has 0 saturated carbocycles. The molecule has 0 heterocycles. The third kappa shape index (κ3) is 3.24. The van der Waals surface area contributed by atoms with Gasteiger partial charge in [-0.1, -0.05) is 12.1 Å². The second-order valence-electron chi connectivity index (χ2n) is 3.09. The van der Waals surface area contributed by atoms with Gasteiger partial charge in [0.25, 0.3) is 10.1 Å². The van der Waals surface area contributed by atoms with Gasteiger partial charge < -0.3 is 0 Å². The van der Waals surface area contributed by atoms with Crippen LogP contribution in [-0.4, -0.2) is 14.7 Å². The SMILES string of the molecule is CC(OS(C)(=O)=O)c1cccc(F)c1F. The molecule has 1 atom stereocenters. The molecule has 0 radical (unpaired) electrons. The van der Waals surface area contributed by atoms with Crippen molar-refractivity contribution in [2.24, 2.45) is 0 Å². The van der Waals surface area contributed by atoms with Gasteiger partial charge in [-0.25, -0.2) is 8.78 Å². The Morgan fingerprint density at radius 1 is 1.33 bits per heavy atom. The molecule has 0 aliphatic rings. The van der Waals surface area contributed by atoms with Crippen LogP contribution in [0.2, 0.25) is 0 Å². The van der Waals surface area contributed by atoms with E-state index in [9.17, 15) is 17.2 Å². The van der Waals surface area contributed by atoms with Gasteiger partial charge in [-0.3, -0.25) is 4.18 Å². The first kappa shape index (κ1) is 12.1. The maximum absolute atomic E-state index is 13.2.